The number of guanidine groups is 1. The molecule has 1 aliphatic heterocycles. The van der Waals surface area contributed by atoms with E-state index >= 15 is 0 Å². The molecule has 2 atom stereocenters. The van der Waals surface area contributed by atoms with E-state index in [1.165, 1.54) is 0 Å². The number of halogens is 1. The van der Waals surface area contributed by atoms with Crippen molar-refractivity contribution in [2.45, 2.75) is 24.6 Å². The fraction of sp³-hybridized carbons (Fsp3) is 0.556. The number of hydrogen-bond acceptors (Lipinski definition) is 4. The number of likely N-dealkylation sites (N-methyl/N-ethyl adjacent to an activating group) is 1. The molecule has 8 heteroatoms. The summed E-state index contributed by atoms with van der Waals surface area (Å²) in [6.07, 6.45) is 2.94. The van der Waals surface area contributed by atoms with Crippen LogP contribution in [0.5, 0.6) is 5.75 Å². The van der Waals surface area contributed by atoms with Gasteiger partial charge in [-0.3, -0.25) is 4.79 Å². The van der Waals surface area contributed by atoms with Crippen LogP contribution < -0.4 is 15.4 Å². The van der Waals surface area contributed by atoms with Crippen molar-refractivity contribution >= 4 is 47.6 Å². The second kappa shape index (κ2) is 11.5. The first-order valence-electron chi connectivity index (χ1n) is 8.50. The van der Waals surface area contributed by atoms with E-state index in [2.05, 4.69) is 34.9 Å². The van der Waals surface area contributed by atoms with Crippen LogP contribution in [0.15, 0.2) is 29.3 Å². The van der Waals surface area contributed by atoms with Gasteiger partial charge in [-0.1, -0.05) is 25.1 Å². The van der Waals surface area contributed by atoms with Gasteiger partial charge in [0.05, 0.1) is 12.6 Å². The van der Waals surface area contributed by atoms with Crippen molar-refractivity contribution < 1.29 is 9.53 Å². The lowest BCUT2D eigenvalue weighted by Gasteiger charge is -2.28. The quantitative estimate of drug-likeness (QED) is 0.363. The molecule has 2 N–H and O–H groups in total. The maximum Gasteiger partial charge on any atom is 0.243 e. The van der Waals surface area contributed by atoms with E-state index in [1.807, 2.05) is 18.2 Å². The third kappa shape index (κ3) is 6.86. The number of nitrogens with one attached hydrogen (secondary N) is 2. The molecule has 0 saturated carbocycles. The summed E-state index contributed by atoms with van der Waals surface area (Å²) in [5.74, 6) is 1.55. The molecule has 0 radical (unpaired) electrons. The van der Waals surface area contributed by atoms with Crippen LogP contribution in [0.4, 0.5) is 0 Å². The Bertz CT molecular complexity index is 613. The van der Waals surface area contributed by atoms with Crippen LogP contribution in [0.1, 0.15) is 24.9 Å². The lowest BCUT2D eigenvalue weighted by Crippen LogP contribution is -2.43. The van der Waals surface area contributed by atoms with Crippen LogP contribution >= 0.6 is 35.7 Å². The highest BCUT2D eigenvalue weighted by Gasteiger charge is 2.22. The highest BCUT2D eigenvalue weighted by Crippen LogP contribution is 2.31. The molecule has 1 heterocycles. The molecule has 0 spiro atoms. The largest absolute Gasteiger partial charge is 0.493 e. The average Bonchev–Trinajstić information content (AvgIpc) is 2.63. The highest BCUT2D eigenvalue weighted by molar-refractivity contribution is 14.0. The van der Waals surface area contributed by atoms with E-state index in [1.54, 1.807) is 30.8 Å². The summed E-state index contributed by atoms with van der Waals surface area (Å²) in [4.78, 5) is 17.9. The van der Waals surface area contributed by atoms with Gasteiger partial charge in [-0.25, -0.2) is 4.99 Å². The van der Waals surface area contributed by atoms with Gasteiger partial charge >= 0.3 is 0 Å². The Morgan fingerprint density at radius 1 is 1.42 bits per heavy atom. The average molecular weight is 492 g/mol. The second-order valence-electron chi connectivity index (χ2n) is 6.25. The lowest BCUT2D eigenvalue weighted by molar-refractivity contribution is -0.127. The molecule has 2 unspecified atom stereocenters. The molecule has 0 aliphatic carbocycles. The third-order valence-electron chi connectivity index (χ3n) is 4.10. The Kier molecular flexibility index (Phi) is 10.1. The Hall–Kier alpha value is -1.16. The standard InChI is InChI=1S/C18H28N4O2S.HI/c1-13(25-4)11-19-18(20-12-17(23)22(2)3)21-15-9-10-24-16-8-6-5-7-14(15)16;/h5-8,13,15H,9-12H2,1-4H3,(H2,19,20,21);1H. The number of hydrogen-bond donors (Lipinski definition) is 2. The molecule has 0 saturated heterocycles. The van der Waals surface area contributed by atoms with Crippen LogP contribution in [0.2, 0.25) is 0 Å². The molecular weight excluding hydrogens is 463 g/mol. The number of aliphatic imine (C=N–C) groups is 1. The predicted octanol–water partition coefficient (Wildman–Crippen LogP) is 2.50. The number of thioether (sulfide) groups is 1. The minimum absolute atomic E-state index is 0. The Morgan fingerprint density at radius 3 is 2.85 bits per heavy atom. The highest BCUT2D eigenvalue weighted by atomic mass is 127. The van der Waals surface area contributed by atoms with Crippen LogP contribution in [0, 0.1) is 0 Å². The van der Waals surface area contributed by atoms with Gasteiger partial charge in [0, 0.05) is 37.9 Å². The fourth-order valence-corrected chi connectivity index (χ4v) is 2.67. The summed E-state index contributed by atoms with van der Waals surface area (Å²) in [6.45, 7) is 3.73. The molecule has 1 aromatic rings. The number of ether oxygens (including phenoxy) is 1. The topological polar surface area (TPSA) is 66.0 Å². The van der Waals surface area contributed by atoms with Crippen LogP contribution in [-0.4, -0.2) is 62.1 Å². The monoisotopic (exact) mass is 492 g/mol. The molecule has 146 valence electrons. The van der Waals surface area contributed by atoms with Gasteiger partial charge in [-0.15, -0.1) is 24.0 Å². The van der Waals surface area contributed by atoms with Crippen LogP contribution in [0.25, 0.3) is 0 Å². The number of benzene rings is 1. The molecule has 6 nitrogen and oxygen atoms in total. The molecule has 1 aliphatic rings. The Morgan fingerprint density at radius 2 is 2.15 bits per heavy atom. The molecule has 26 heavy (non-hydrogen) atoms. The van der Waals surface area contributed by atoms with Crippen molar-refractivity contribution in [2.24, 2.45) is 4.99 Å². The lowest BCUT2D eigenvalue weighted by atomic mass is 10.0. The number of rotatable bonds is 6. The summed E-state index contributed by atoms with van der Waals surface area (Å²) in [7, 11) is 3.48. The maximum absolute atomic E-state index is 11.9. The molecule has 2 rings (SSSR count). The van der Waals surface area contributed by atoms with E-state index in [9.17, 15) is 4.79 Å². The fourth-order valence-electron chi connectivity index (χ4n) is 2.42. The zero-order chi connectivity index (χ0) is 18.2. The molecule has 0 aromatic heterocycles. The van der Waals surface area contributed by atoms with Gasteiger partial charge < -0.3 is 20.3 Å². The first kappa shape index (κ1) is 22.9. The van der Waals surface area contributed by atoms with Gasteiger partial charge in [-0.2, -0.15) is 11.8 Å². The van der Waals surface area contributed by atoms with E-state index in [-0.39, 0.29) is 42.5 Å². The number of nitrogens with zero attached hydrogens (tertiary/aromatic N) is 2. The van der Waals surface area contributed by atoms with Crippen LogP contribution in [-0.2, 0) is 4.79 Å². The van der Waals surface area contributed by atoms with Crippen molar-refractivity contribution in [2.75, 3.05) is 40.0 Å². The van der Waals surface area contributed by atoms with Crippen molar-refractivity contribution in [3.05, 3.63) is 29.8 Å². The number of carbonyl (C=O) groups is 1. The smallest absolute Gasteiger partial charge is 0.243 e. The number of amides is 1. The van der Waals surface area contributed by atoms with Gasteiger partial charge in [0.15, 0.2) is 5.96 Å². The summed E-state index contributed by atoms with van der Waals surface area (Å²) >= 11 is 1.79. The van der Waals surface area contributed by atoms with E-state index in [0.29, 0.717) is 17.8 Å². The third-order valence-corrected chi connectivity index (χ3v) is 5.07. The second-order valence-corrected chi connectivity index (χ2v) is 7.53. The minimum atomic E-state index is -0.0219. The van der Waals surface area contributed by atoms with Crippen molar-refractivity contribution in [1.29, 1.82) is 0 Å². The summed E-state index contributed by atoms with van der Waals surface area (Å²) in [6, 6.07) is 8.16. The Labute approximate surface area is 177 Å². The molecular formula is C18H29IN4O2S. The van der Waals surface area contributed by atoms with E-state index in [4.69, 9.17) is 4.74 Å². The van der Waals surface area contributed by atoms with Crippen molar-refractivity contribution in [3.63, 3.8) is 0 Å². The maximum atomic E-state index is 11.9. The summed E-state index contributed by atoms with van der Waals surface area (Å²) in [5.41, 5.74) is 1.13. The van der Waals surface area contributed by atoms with Gasteiger partial charge in [-0.05, 0) is 12.3 Å². The molecule has 1 amide bonds. The molecule has 0 bridgehead atoms. The number of para-hydroxylation sites is 1. The normalized spacial score (nSPS) is 17.2. The number of fused-ring (bicyclic) bond motifs is 1. The molecule has 0 fully saturated rings. The van der Waals surface area contributed by atoms with Crippen LogP contribution in [0.3, 0.4) is 0 Å². The first-order valence-corrected chi connectivity index (χ1v) is 9.79. The first-order chi connectivity index (χ1) is 12.0. The number of carbonyl (C=O) groups excluding carboxylic acids is 1. The van der Waals surface area contributed by atoms with Gasteiger partial charge in [0.1, 0.15) is 12.3 Å². The van der Waals surface area contributed by atoms with Gasteiger partial charge in [0.25, 0.3) is 0 Å². The SMILES string of the molecule is CSC(C)CNC(=NCC(=O)N(C)C)NC1CCOc2ccccc21.I. The zero-order valence-corrected chi connectivity index (χ0v) is 19.0. The predicted molar refractivity (Wildman–Crippen MR) is 120 cm³/mol. The summed E-state index contributed by atoms with van der Waals surface area (Å²) in [5, 5.41) is 7.27. The Balaban J connectivity index is 0.00000338. The summed E-state index contributed by atoms with van der Waals surface area (Å²) < 4.78 is 5.72. The van der Waals surface area contributed by atoms with E-state index in [0.717, 1.165) is 24.3 Å². The van der Waals surface area contributed by atoms with Gasteiger partial charge in [0.2, 0.25) is 5.91 Å². The van der Waals surface area contributed by atoms with Crippen molar-refractivity contribution in [3.8, 4) is 5.75 Å². The zero-order valence-electron chi connectivity index (χ0n) is 15.8. The minimum Gasteiger partial charge on any atom is -0.493 e. The van der Waals surface area contributed by atoms with E-state index < -0.39 is 0 Å². The van der Waals surface area contributed by atoms with Crippen molar-refractivity contribution in [1.82, 2.24) is 15.5 Å². The molecule has 1 aromatic carbocycles.